The molecule has 170 valence electrons. The Kier molecular flexibility index (Phi) is 7.71. The number of nitrogens with one attached hydrogen (secondary N) is 1. The first kappa shape index (κ1) is 23.4. The molecule has 0 aliphatic rings. The highest BCUT2D eigenvalue weighted by Crippen LogP contribution is 2.31. The molecule has 3 heterocycles. The van der Waals surface area contributed by atoms with Crippen molar-refractivity contribution in [3.8, 4) is 17.1 Å². The van der Waals surface area contributed by atoms with E-state index in [9.17, 15) is 4.79 Å². The number of hydrogen-bond donors (Lipinski definition) is 1. The largest absolute Gasteiger partial charge is 0.349 e. The van der Waals surface area contributed by atoms with Gasteiger partial charge in [0.15, 0.2) is 11.0 Å². The van der Waals surface area contributed by atoms with Gasteiger partial charge in [0.2, 0.25) is 0 Å². The second-order valence-electron chi connectivity index (χ2n) is 7.33. The van der Waals surface area contributed by atoms with Gasteiger partial charge in [-0.25, -0.2) is 4.98 Å². The second kappa shape index (κ2) is 10.9. The zero-order chi connectivity index (χ0) is 23.2. The van der Waals surface area contributed by atoms with Gasteiger partial charge in [-0.3, -0.25) is 14.3 Å². The van der Waals surface area contributed by atoms with E-state index in [1.54, 1.807) is 17.8 Å². The fourth-order valence-electron chi connectivity index (χ4n) is 2.99. The number of hydrogen-bond acceptors (Lipinski definition) is 8. The molecule has 1 amide bonds. The molecule has 3 aromatic heterocycles. The molecule has 0 unspecified atom stereocenters. The fraction of sp³-hybridized carbons (Fsp3) is 0.227. The molecule has 0 bridgehead atoms. The Labute approximate surface area is 205 Å². The van der Waals surface area contributed by atoms with Gasteiger partial charge in [0, 0.05) is 41.4 Å². The van der Waals surface area contributed by atoms with Gasteiger partial charge in [-0.1, -0.05) is 29.4 Å². The average molecular weight is 500 g/mol. The maximum atomic E-state index is 12.3. The molecule has 11 heteroatoms. The number of benzene rings is 1. The highest BCUT2D eigenvalue weighted by atomic mass is 35.5. The molecule has 0 radical (unpaired) electrons. The van der Waals surface area contributed by atoms with Crippen LogP contribution in [0, 0.1) is 0 Å². The van der Waals surface area contributed by atoms with Crippen LogP contribution in [0.4, 0.5) is 0 Å². The summed E-state index contributed by atoms with van der Waals surface area (Å²) in [6.45, 7) is 1.35. The number of nitrogens with zero attached hydrogens (tertiary/aromatic N) is 6. The normalized spacial score (nSPS) is 11.2. The molecule has 0 saturated carbocycles. The van der Waals surface area contributed by atoms with Gasteiger partial charge in [0.25, 0.3) is 5.91 Å². The number of pyridine rings is 1. The first-order chi connectivity index (χ1) is 16.0. The van der Waals surface area contributed by atoms with Crippen molar-refractivity contribution in [3.63, 3.8) is 0 Å². The maximum absolute atomic E-state index is 12.3. The lowest BCUT2D eigenvalue weighted by Gasteiger charge is -2.10. The third-order valence-electron chi connectivity index (χ3n) is 4.59. The smallest absolute Gasteiger partial charge is 0.270 e. The lowest BCUT2D eigenvalue weighted by molar-refractivity contribution is 0.0946. The number of amides is 1. The number of carbonyl (C=O) groups excluding carboxylic acids is 1. The predicted octanol–water partition coefficient (Wildman–Crippen LogP) is 4.02. The van der Waals surface area contributed by atoms with E-state index >= 15 is 0 Å². The van der Waals surface area contributed by atoms with Crippen LogP contribution < -0.4 is 5.32 Å². The number of aromatic nitrogens is 5. The summed E-state index contributed by atoms with van der Waals surface area (Å²) in [7, 11) is 3.93. The van der Waals surface area contributed by atoms with E-state index in [0.29, 0.717) is 34.0 Å². The van der Waals surface area contributed by atoms with E-state index in [0.717, 1.165) is 22.8 Å². The zero-order valence-corrected chi connectivity index (χ0v) is 20.5. The molecule has 0 fully saturated rings. The van der Waals surface area contributed by atoms with Crippen LogP contribution in [0.15, 0.2) is 59.3 Å². The van der Waals surface area contributed by atoms with Crippen molar-refractivity contribution in [2.75, 3.05) is 27.2 Å². The monoisotopic (exact) mass is 499 g/mol. The Hall–Kier alpha value is -2.79. The summed E-state index contributed by atoms with van der Waals surface area (Å²) in [4.78, 5) is 22.9. The number of carbonyl (C=O) groups is 1. The topological polar surface area (TPSA) is 88.8 Å². The minimum atomic E-state index is -0.161. The van der Waals surface area contributed by atoms with E-state index in [-0.39, 0.29) is 5.91 Å². The number of thioether (sulfide) groups is 1. The molecule has 1 aromatic carbocycles. The summed E-state index contributed by atoms with van der Waals surface area (Å²) in [5.74, 6) is 1.10. The van der Waals surface area contributed by atoms with Crippen LogP contribution in [0.5, 0.6) is 0 Å². The summed E-state index contributed by atoms with van der Waals surface area (Å²) in [6, 6.07) is 11.3. The Balaban J connectivity index is 1.53. The third-order valence-corrected chi connectivity index (χ3v) is 6.80. The fourth-order valence-corrected chi connectivity index (χ4v) is 4.92. The Morgan fingerprint density at radius 1 is 1.21 bits per heavy atom. The van der Waals surface area contributed by atoms with Gasteiger partial charge in [-0.2, -0.15) is 0 Å². The van der Waals surface area contributed by atoms with Crippen molar-refractivity contribution >= 4 is 40.6 Å². The predicted molar refractivity (Wildman–Crippen MR) is 132 cm³/mol. The minimum absolute atomic E-state index is 0.161. The van der Waals surface area contributed by atoms with E-state index < -0.39 is 0 Å². The van der Waals surface area contributed by atoms with Crippen LogP contribution in [0.3, 0.4) is 0 Å². The molecule has 0 saturated heterocycles. The van der Waals surface area contributed by atoms with Crippen LogP contribution in [0.1, 0.15) is 15.5 Å². The Bertz CT molecular complexity index is 1230. The first-order valence-corrected chi connectivity index (χ1v) is 12.4. The summed E-state index contributed by atoms with van der Waals surface area (Å²) in [6.07, 6.45) is 3.44. The molecular weight excluding hydrogens is 478 g/mol. The van der Waals surface area contributed by atoms with Crippen LogP contribution in [-0.2, 0) is 5.75 Å². The third kappa shape index (κ3) is 5.97. The Morgan fingerprint density at radius 2 is 2.03 bits per heavy atom. The molecule has 0 aliphatic heterocycles. The SMILES string of the molecule is CN(C)CCNC(=O)c1csc(CSc2nnc(-c3ccncc3)n2-c2cccc(Cl)c2)n1. The molecule has 4 aromatic rings. The average Bonchev–Trinajstić information content (AvgIpc) is 3.45. The number of likely N-dealkylation sites (N-methyl/N-ethyl adjacent to an activating group) is 1. The minimum Gasteiger partial charge on any atom is -0.349 e. The Morgan fingerprint density at radius 3 is 2.79 bits per heavy atom. The highest BCUT2D eigenvalue weighted by molar-refractivity contribution is 7.98. The van der Waals surface area contributed by atoms with Crippen molar-refractivity contribution < 1.29 is 4.79 Å². The van der Waals surface area contributed by atoms with Crippen LogP contribution in [0.2, 0.25) is 5.02 Å². The van der Waals surface area contributed by atoms with E-state index in [1.165, 1.54) is 23.1 Å². The van der Waals surface area contributed by atoms with E-state index in [4.69, 9.17) is 11.6 Å². The van der Waals surface area contributed by atoms with Crippen molar-refractivity contribution in [1.29, 1.82) is 0 Å². The van der Waals surface area contributed by atoms with Gasteiger partial charge in [0.1, 0.15) is 10.7 Å². The second-order valence-corrected chi connectivity index (χ2v) is 9.65. The van der Waals surface area contributed by atoms with Gasteiger partial charge in [-0.05, 0) is 44.4 Å². The summed E-state index contributed by atoms with van der Waals surface area (Å²) in [5.41, 5.74) is 2.19. The van der Waals surface area contributed by atoms with Gasteiger partial charge in [0.05, 0.1) is 11.4 Å². The zero-order valence-electron chi connectivity index (χ0n) is 18.1. The van der Waals surface area contributed by atoms with Gasteiger partial charge >= 0.3 is 0 Å². The van der Waals surface area contributed by atoms with Crippen molar-refractivity contribution in [2.45, 2.75) is 10.9 Å². The van der Waals surface area contributed by atoms with Crippen LogP contribution >= 0.6 is 34.7 Å². The molecule has 0 aliphatic carbocycles. The van der Waals surface area contributed by atoms with Crippen molar-refractivity contribution in [2.24, 2.45) is 0 Å². The van der Waals surface area contributed by atoms with Crippen LogP contribution in [0.25, 0.3) is 17.1 Å². The molecule has 8 nitrogen and oxygen atoms in total. The van der Waals surface area contributed by atoms with Crippen LogP contribution in [-0.4, -0.2) is 62.7 Å². The van der Waals surface area contributed by atoms with E-state index in [1.807, 2.05) is 60.0 Å². The standard InChI is InChI=1S/C22H22ClN7OS2/c1-29(2)11-10-25-21(31)18-13-32-19(26-18)14-33-22-28-27-20(15-6-8-24-9-7-15)30(22)17-5-3-4-16(23)12-17/h3-9,12-13H,10-11,14H2,1-2H3,(H,25,31). The van der Waals surface area contributed by atoms with E-state index in [2.05, 4.69) is 25.5 Å². The number of thiazole rings is 1. The van der Waals surface area contributed by atoms with Gasteiger partial charge in [-0.15, -0.1) is 21.5 Å². The molecular formula is C22H22ClN7OS2. The highest BCUT2D eigenvalue weighted by Gasteiger charge is 2.18. The quantitative estimate of drug-likeness (QED) is 0.348. The molecule has 4 rings (SSSR count). The lowest BCUT2D eigenvalue weighted by atomic mass is 10.2. The molecule has 1 N–H and O–H groups in total. The van der Waals surface area contributed by atoms with Crippen molar-refractivity contribution in [1.82, 2.24) is 34.9 Å². The summed E-state index contributed by atoms with van der Waals surface area (Å²) >= 11 is 9.21. The molecule has 33 heavy (non-hydrogen) atoms. The number of halogens is 1. The first-order valence-electron chi connectivity index (χ1n) is 10.1. The molecule has 0 spiro atoms. The van der Waals surface area contributed by atoms with Crippen molar-refractivity contribution in [3.05, 3.63) is 69.9 Å². The van der Waals surface area contributed by atoms with Gasteiger partial charge < -0.3 is 10.2 Å². The summed E-state index contributed by atoms with van der Waals surface area (Å²) in [5, 5.41) is 15.7. The summed E-state index contributed by atoms with van der Waals surface area (Å²) < 4.78 is 1.97. The maximum Gasteiger partial charge on any atom is 0.270 e. The number of rotatable bonds is 9. The molecule has 0 atom stereocenters. The lowest BCUT2D eigenvalue weighted by Crippen LogP contribution is -2.31.